The first-order valence-electron chi connectivity index (χ1n) is 8.97. The molecule has 0 saturated heterocycles. The largest absolute Gasteiger partial charge is 0.480 e. The van der Waals surface area contributed by atoms with Gasteiger partial charge in [-0.15, -0.1) is 0 Å². The summed E-state index contributed by atoms with van der Waals surface area (Å²) in [6, 6.07) is -1.51. The van der Waals surface area contributed by atoms with E-state index in [1.165, 1.54) is 62.0 Å². The van der Waals surface area contributed by atoms with Gasteiger partial charge in [0.05, 0.1) is 0 Å². The van der Waals surface area contributed by atoms with Gasteiger partial charge in [0.2, 0.25) is 0 Å². The number of amides is 1. The Balaban J connectivity index is 3.64. The fourth-order valence-electron chi connectivity index (χ4n) is 2.31. The van der Waals surface area contributed by atoms with Crippen molar-refractivity contribution < 1.29 is 27.9 Å². The molecule has 0 rings (SSSR count). The number of carbonyl (C=O) groups is 2. The summed E-state index contributed by atoms with van der Waals surface area (Å²) in [5.41, 5.74) is 0. The molecule has 0 fully saturated rings. The zero-order valence-electron chi connectivity index (χ0n) is 14.9. The average Bonchev–Trinajstić information content (AvgIpc) is 2.53. The van der Waals surface area contributed by atoms with Crippen LogP contribution in [0.1, 0.15) is 71.1 Å². The van der Waals surface area contributed by atoms with E-state index in [4.69, 9.17) is 5.11 Å². The quantitative estimate of drug-likeness (QED) is 0.399. The van der Waals surface area contributed by atoms with Crippen molar-refractivity contribution in [2.24, 2.45) is 0 Å². The molecule has 0 aliphatic rings. The number of carboxylic acids is 1. The van der Waals surface area contributed by atoms with Gasteiger partial charge < -0.3 is 10.4 Å². The second-order valence-electron chi connectivity index (χ2n) is 6.12. The van der Waals surface area contributed by atoms with Crippen molar-refractivity contribution in [2.45, 2.75) is 83.4 Å². The number of alkyl halides is 3. The summed E-state index contributed by atoms with van der Waals surface area (Å²) >= 11 is 1.26. The molecule has 0 spiro atoms. The summed E-state index contributed by atoms with van der Waals surface area (Å²) in [5, 5.41) is 10.4. The van der Waals surface area contributed by atoms with Crippen LogP contribution in [0.3, 0.4) is 0 Å². The molecule has 0 radical (unpaired) electrons. The van der Waals surface area contributed by atoms with Crippen molar-refractivity contribution in [2.75, 3.05) is 11.5 Å². The van der Waals surface area contributed by atoms with Crippen LogP contribution in [0.15, 0.2) is 0 Å². The minimum atomic E-state index is -5.06. The Morgan fingerprint density at radius 3 is 1.88 bits per heavy atom. The standard InChI is InChI=1S/C17H30F3NO3S/c1-2-3-4-5-6-7-8-9-10-11-12-25-13-14(15(22)23)21-16(24)17(18,19)20/h14H,2-13H2,1H3,(H,21,24)(H,22,23)/t14-/m0/s1. The van der Waals surface area contributed by atoms with E-state index in [0.717, 1.165) is 19.3 Å². The highest BCUT2D eigenvalue weighted by molar-refractivity contribution is 7.99. The van der Waals surface area contributed by atoms with Crippen LogP contribution in [0.25, 0.3) is 0 Å². The normalized spacial score (nSPS) is 12.8. The maximum absolute atomic E-state index is 12.1. The van der Waals surface area contributed by atoms with Crippen LogP contribution in [-0.2, 0) is 9.59 Å². The number of carboxylic acid groups (broad SMARTS) is 1. The zero-order chi connectivity index (χ0) is 19.1. The number of carbonyl (C=O) groups excluding carboxylic acids is 1. The summed E-state index contributed by atoms with van der Waals surface area (Å²) in [5.74, 6) is -3.04. The minimum absolute atomic E-state index is 0.0609. The second-order valence-corrected chi connectivity index (χ2v) is 7.27. The molecule has 1 amide bonds. The van der Waals surface area contributed by atoms with E-state index in [1.807, 2.05) is 0 Å². The summed E-state index contributed by atoms with van der Waals surface area (Å²) in [6.45, 7) is 2.20. The highest BCUT2D eigenvalue weighted by Gasteiger charge is 2.40. The van der Waals surface area contributed by atoms with Crippen molar-refractivity contribution >= 4 is 23.6 Å². The van der Waals surface area contributed by atoms with Gasteiger partial charge in [0.15, 0.2) is 0 Å². The molecule has 0 aromatic carbocycles. The SMILES string of the molecule is CCCCCCCCCCCCSC[C@H](NC(=O)C(F)(F)F)C(=O)O. The van der Waals surface area contributed by atoms with Crippen molar-refractivity contribution in [1.29, 1.82) is 0 Å². The van der Waals surface area contributed by atoms with E-state index in [2.05, 4.69) is 6.92 Å². The summed E-state index contributed by atoms with van der Waals surface area (Å²) in [4.78, 5) is 21.7. The molecule has 0 bridgehead atoms. The van der Waals surface area contributed by atoms with Crippen LogP contribution in [0.5, 0.6) is 0 Å². The fraction of sp³-hybridized carbons (Fsp3) is 0.882. The van der Waals surface area contributed by atoms with Gasteiger partial charge in [0, 0.05) is 5.75 Å². The highest BCUT2D eigenvalue weighted by Crippen LogP contribution is 2.16. The summed E-state index contributed by atoms with van der Waals surface area (Å²) < 4.78 is 36.4. The number of unbranched alkanes of at least 4 members (excludes halogenated alkanes) is 9. The maximum Gasteiger partial charge on any atom is 0.471 e. The number of hydrogen-bond donors (Lipinski definition) is 2. The molecule has 148 valence electrons. The lowest BCUT2D eigenvalue weighted by molar-refractivity contribution is -0.175. The van der Waals surface area contributed by atoms with E-state index in [0.29, 0.717) is 5.75 Å². The van der Waals surface area contributed by atoms with E-state index >= 15 is 0 Å². The lowest BCUT2D eigenvalue weighted by Gasteiger charge is -2.15. The van der Waals surface area contributed by atoms with Gasteiger partial charge in [-0.25, -0.2) is 4.79 Å². The van der Waals surface area contributed by atoms with Gasteiger partial charge >= 0.3 is 18.1 Å². The number of rotatable bonds is 15. The molecule has 0 saturated carbocycles. The molecule has 0 aliphatic heterocycles. The third kappa shape index (κ3) is 14.0. The Bertz CT molecular complexity index is 379. The summed E-state index contributed by atoms with van der Waals surface area (Å²) in [6.07, 6.45) is 6.86. The van der Waals surface area contributed by atoms with Crippen molar-refractivity contribution in [1.82, 2.24) is 5.32 Å². The molecule has 2 N–H and O–H groups in total. The van der Waals surface area contributed by atoms with Crippen LogP contribution in [0, 0.1) is 0 Å². The molecule has 25 heavy (non-hydrogen) atoms. The molecule has 0 aliphatic carbocycles. The zero-order valence-corrected chi connectivity index (χ0v) is 15.7. The highest BCUT2D eigenvalue weighted by atomic mass is 32.2. The molecule has 0 aromatic rings. The number of aliphatic carboxylic acids is 1. The first-order chi connectivity index (χ1) is 11.8. The lowest BCUT2D eigenvalue weighted by atomic mass is 10.1. The van der Waals surface area contributed by atoms with Crippen molar-refractivity contribution in [3.8, 4) is 0 Å². The van der Waals surface area contributed by atoms with Crippen LogP contribution < -0.4 is 5.32 Å². The third-order valence-corrected chi connectivity index (χ3v) is 4.93. The van der Waals surface area contributed by atoms with Crippen LogP contribution >= 0.6 is 11.8 Å². The molecule has 1 atom stereocenters. The second kappa shape index (κ2) is 14.3. The van der Waals surface area contributed by atoms with E-state index in [9.17, 15) is 22.8 Å². The third-order valence-electron chi connectivity index (χ3n) is 3.79. The first kappa shape index (κ1) is 24.1. The lowest BCUT2D eigenvalue weighted by Crippen LogP contribution is -2.48. The van der Waals surface area contributed by atoms with Crippen molar-refractivity contribution in [3.05, 3.63) is 0 Å². The van der Waals surface area contributed by atoms with Gasteiger partial charge in [-0.1, -0.05) is 64.7 Å². The smallest absolute Gasteiger partial charge is 0.471 e. The van der Waals surface area contributed by atoms with Gasteiger partial charge in [-0.2, -0.15) is 24.9 Å². The van der Waals surface area contributed by atoms with Crippen LogP contribution in [0.4, 0.5) is 13.2 Å². The Hall–Kier alpha value is -0.920. The Morgan fingerprint density at radius 2 is 1.44 bits per heavy atom. The topological polar surface area (TPSA) is 66.4 Å². The number of nitrogens with one attached hydrogen (secondary N) is 1. The number of halogens is 3. The van der Waals surface area contributed by atoms with Crippen molar-refractivity contribution in [3.63, 3.8) is 0 Å². The molecule has 8 heteroatoms. The number of thioether (sulfide) groups is 1. The van der Waals surface area contributed by atoms with E-state index in [1.54, 1.807) is 0 Å². The molecular weight excluding hydrogens is 355 g/mol. The van der Waals surface area contributed by atoms with Gasteiger partial charge in [-0.05, 0) is 12.2 Å². The summed E-state index contributed by atoms with van der Waals surface area (Å²) in [7, 11) is 0. The predicted octanol–water partition coefficient (Wildman–Crippen LogP) is 4.77. The van der Waals surface area contributed by atoms with Gasteiger partial charge in [-0.3, -0.25) is 4.79 Å². The minimum Gasteiger partial charge on any atom is -0.480 e. The van der Waals surface area contributed by atoms with Crippen LogP contribution in [0.2, 0.25) is 0 Å². The monoisotopic (exact) mass is 385 g/mol. The predicted molar refractivity (Wildman–Crippen MR) is 94.8 cm³/mol. The van der Waals surface area contributed by atoms with E-state index < -0.39 is 24.1 Å². The average molecular weight is 385 g/mol. The Kier molecular flexibility index (Phi) is 13.7. The molecule has 0 unspecified atom stereocenters. The first-order valence-corrected chi connectivity index (χ1v) is 10.1. The van der Waals surface area contributed by atoms with Crippen LogP contribution in [-0.4, -0.2) is 40.7 Å². The molecule has 0 heterocycles. The Morgan fingerprint density at radius 1 is 0.960 bits per heavy atom. The number of hydrogen-bond acceptors (Lipinski definition) is 3. The Labute approximate surface area is 152 Å². The van der Waals surface area contributed by atoms with Gasteiger partial charge in [0.25, 0.3) is 0 Å². The molecule has 0 aromatic heterocycles. The maximum atomic E-state index is 12.1. The molecule has 4 nitrogen and oxygen atoms in total. The van der Waals surface area contributed by atoms with Gasteiger partial charge in [0.1, 0.15) is 6.04 Å². The van der Waals surface area contributed by atoms with E-state index in [-0.39, 0.29) is 5.75 Å². The molecular formula is C17H30F3NO3S. The fourth-order valence-corrected chi connectivity index (χ4v) is 3.34.